The maximum atomic E-state index is 6.08. The Morgan fingerprint density at radius 2 is 2.30 bits per heavy atom. The quantitative estimate of drug-likeness (QED) is 0.782. The Morgan fingerprint density at radius 1 is 1.45 bits per heavy atom. The van der Waals surface area contributed by atoms with Crippen LogP contribution in [0.25, 0.3) is 11.5 Å². The lowest BCUT2D eigenvalue weighted by Gasteiger charge is -2.01. The van der Waals surface area contributed by atoms with Gasteiger partial charge in [0, 0.05) is 29.5 Å². The first kappa shape index (κ1) is 12.9. The average Bonchev–Trinajstić information content (AvgIpc) is 3.07. The van der Waals surface area contributed by atoms with Crippen molar-refractivity contribution in [2.45, 2.75) is 6.04 Å². The summed E-state index contributed by atoms with van der Waals surface area (Å²) in [6.07, 6.45) is 5.15. The number of halogens is 1. The molecule has 3 aromatic heterocycles. The van der Waals surface area contributed by atoms with Gasteiger partial charge in [-0.2, -0.15) is 10.1 Å². The van der Waals surface area contributed by atoms with Crippen LogP contribution in [0.5, 0.6) is 0 Å². The number of hydrogen-bond donors (Lipinski definition) is 1. The summed E-state index contributed by atoms with van der Waals surface area (Å²) in [4.78, 5) is 8.50. The molecule has 0 saturated carbocycles. The zero-order valence-electron chi connectivity index (χ0n) is 10.6. The second-order valence-electron chi connectivity index (χ2n) is 4.22. The fraction of sp³-hybridized carbons (Fsp3) is 0.167. The molecule has 0 fully saturated rings. The second kappa shape index (κ2) is 5.14. The third kappa shape index (κ3) is 2.35. The lowest BCUT2D eigenvalue weighted by molar-refractivity contribution is 0.367. The van der Waals surface area contributed by atoms with E-state index >= 15 is 0 Å². The van der Waals surface area contributed by atoms with Crippen molar-refractivity contribution < 1.29 is 4.52 Å². The molecule has 2 N–H and O–H groups in total. The molecule has 102 valence electrons. The number of rotatable bonds is 3. The van der Waals surface area contributed by atoms with Crippen LogP contribution >= 0.6 is 15.9 Å². The summed E-state index contributed by atoms with van der Waals surface area (Å²) in [6.45, 7) is 0. The van der Waals surface area contributed by atoms with Crippen LogP contribution in [-0.2, 0) is 7.05 Å². The van der Waals surface area contributed by atoms with Crippen LogP contribution in [0.3, 0.4) is 0 Å². The molecule has 0 aliphatic rings. The van der Waals surface area contributed by atoms with E-state index in [2.05, 4.69) is 36.2 Å². The van der Waals surface area contributed by atoms with E-state index in [0.717, 1.165) is 10.0 Å². The molecule has 0 aliphatic carbocycles. The number of nitrogens with two attached hydrogens (primary N) is 1. The van der Waals surface area contributed by atoms with Gasteiger partial charge in [0.15, 0.2) is 0 Å². The number of aromatic nitrogens is 5. The normalized spacial score (nSPS) is 12.6. The van der Waals surface area contributed by atoms with Gasteiger partial charge in [0.2, 0.25) is 11.7 Å². The Kier molecular flexibility index (Phi) is 3.33. The molecule has 0 bridgehead atoms. The summed E-state index contributed by atoms with van der Waals surface area (Å²) in [6, 6.07) is 3.17. The molecule has 0 spiro atoms. The molecule has 20 heavy (non-hydrogen) atoms. The van der Waals surface area contributed by atoms with Crippen molar-refractivity contribution in [3.63, 3.8) is 0 Å². The highest BCUT2D eigenvalue weighted by Gasteiger charge is 2.20. The highest BCUT2D eigenvalue weighted by Crippen LogP contribution is 2.25. The summed E-state index contributed by atoms with van der Waals surface area (Å²) < 4.78 is 7.68. The summed E-state index contributed by atoms with van der Waals surface area (Å²) in [5.74, 6) is 0.720. The Hall–Kier alpha value is -2.06. The van der Waals surface area contributed by atoms with Gasteiger partial charge in [-0.15, -0.1) is 0 Å². The molecule has 1 atom stereocenters. The minimum Gasteiger partial charge on any atom is -0.337 e. The van der Waals surface area contributed by atoms with E-state index in [9.17, 15) is 0 Å². The van der Waals surface area contributed by atoms with Crippen molar-refractivity contribution in [3.05, 3.63) is 46.7 Å². The molecule has 0 saturated heterocycles. The maximum absolute atomic E-state index is 6.08. The molecule has 7 nitrogen and oxygen atoms in total. The number of nitrogens with zero attached hydrogens (tertiary/aromatic N) is 5. The van der Waals surface area contributed by atoms with Crippen molar-refractivity contribution in [2.24, 2.45) is 12.8 Å². The minimum absolute atomic E-state index is 0.325. The Balaban J connectivity index is 1.93. The summed E-state index contributed by atoms with van der Waals surface area (Å²) in [5.41, 5.74) is 7.50. The van der Waals surface area contributed by atoms with Gasteiger partial charge in [-0.05, 0) is 28.1 Å². The van der Waals surface area contributed by atoms with Crippen LogP contribution < -0.4 is 5.73 Å². The Labute approximate surface area is 122 Å². The van der Waals surface area contributed by atoms with E-state index in [0.29, 0.717) is 17.4 Å². The van der Waals surface area contributed by atoms with E-state index in [1.54, 1.807) is 17.1 Å². The summed E-state index contributed by atoms with van der Waals surface area (Å²) >= 11 is 3.40. The SMILES string of the molecule is Cn1cc(C(N)c2nc(-c3ncccc3Br)no2)cn1. The van der Waals surface area contributed by atoms with Crippen molar-refractivity contribution in [1.82, 2.24) is 24.9 Å². The zero-order chi connectivity index (χ0) is 14.1. The number of aryl methyl sites for hydroxylation is 1. The standard InChI is InChI=1S/C12H11BrN6O/c1-19-6-7(5-16-19)9(14)12-17-11(18-20-12)10-8(13)3-2-4-15-10/h2-6,9H,14H2,1H3. The topological polar surface area (TPSA) is 95.7 Å². The monoisotopic (exact) mass is 334 g/mol. The molecule has 0 amide bonds. The Bertz CT molecular complexity index is 737. The molecule has 3 heterocycles. The van der Waals surface area contributed by atoms with Gasteiger partial charge in [-0.3, -0.25) is 9.67 Å². The van der Waals surface area contributed by atoms with Gasteiger partial charge in [-0.1, -0.05) is 5.16 Å². The second-order valence-corrected chi connectivity index (χ2v) is 5.07. The molecule has 3 rings (SSSR count). The molecule has 0 radical (unpaired) electrons. The predicted molar refractivity (Wildman–Crippen MR) is 74.5 cm³/mol. The smallest absolute Gasteiger partial charge is 0.248 e. The van der Waals surface area contributed by atoms with Crippen LogP contribution in [-0.4, -0.2) is 24.9 Å². The molecule has 0 aliphatic heterocycles. The first-order valence-corrected chi connectivity index (χ1v) is 6.63. The van der Waals surface area contributed by atoms with E-state index in [-0.39, 0.29) is 0 Å². The molecule has 0 aromatic carbocycles. The molecular weight excluding hydrogens is 324 g/mol. The van der Waals surface area contributed by atoms with E-state index in [1.807, 2.05) is 25.4 Å². The van der Waals surface area contributed by atoms with Crippen LogP contribution in [0.4, 0.5) is 0 Å². The van der Waals surface area contributed by atoms with Crippen LogP contribution in [0.1, 0.15) is 17.5 Å². The third-order valence-corrected chi connectivity index (χ3v) is 3.40. The first-order valence-electron chi connectivity index (χ1n) is 5.84. The fourth-order valence-corrected chi connectivity index (χ4v) is 2.18. The highest BCUT2D eigenvalue weighted by atomic mass is 79.9. The minimum atomic E-state index is -0.507. The number of pyridine rings is 1. The van der Waals surface area contributed by atoms with Crippen LogP contribution in [0.15, 0.2) is 39.7 Å². The van der Waals surface area contributed by atoms with E-state index < -0.39 is 6.04 Å². The predicted octanol–water partition coefficient (Wildman–Crippen LogP) is 1.68. The lowest BCUT2D eigenvalue weighted by Crippen LogP contribution is -2.11. The largest absolute Gasteiger partial charge is 0.337 e. The maximum Gasteiger partial charge on any atom is 0.248 e. The van der Waals surface area contributed by atoms with Crippen molar-refractivity contribution in [1.29, 1.82) is 0 Å². The summed E-state index contributed by atoms with van der Waals surface area (Å²) in [5, 5.41) is 7.98. The Morgan fingerprint density at radius 3 is 3.00 bits per heavy atom. The van der Waals surface area contributed by atoms with Gasteiger partial charge < -0.3 is 10.3 Å². The zero-order valence-corrected chi connectivity index (χ0v) is 12.1. The van der Waals surface area contributed by atoms with Gasteiger partial charge in [0.05, 0.1) is 6.20 Å². The van der Waals surface area contributed by atoms with Gasteiger partial charge in [-0.25, -0.2) is 0 Å². The summed E-state index contributed by atoms with van der Waals surface area (Å²) in [7, 11) is 1.82. The first-order chi connectivity index (χ1) is 9.65. The van der Waals surface area contributed by atoms with Gasteiger partial charge >= 0.3 is 0 Å². The van der Waals surface area contributed by atoms with Crippen LogP contribution in [0.2, 0.25) is 0 Å². The lowest BCUT2D eigenvalue weighted by atomic mass is 10.2. The average molecular weight is 335 g/mol. The van der Waals surface area contributed by atoms with E-state index in [1.165, 1.54) is 0 Å². The van der Waals surface area contributed by atoms with Crippen molar-refractivity contribution in [3.8, 4) is 11.5 Å². The third-order valence-electron chi connectivity index (χ3n) is 2.76. The van der Waals surface area contributed by atoms with Crippen molar-refractivity contribution >= 4 is 15.9 Å². The molecular formula is C12H11BrN6O. The highest BCUT2D eigenvalue weighted by molar-refractivity contribution is 9.10. The van der Waals surface area contributed by atoms with Gasteiger partial charge in [0.25, 0.3) is 0 Å². The van der Waals surface area contributed by atoms with Crippen LogP contribution in [0, 0.1) is 0 Å². The fourth-order valence-electron chi connectivity index (χ4n) is 1.75. The molecule has 3 aromatic rings. The molecule has 1 unspecified atom stereocenters. The number of hydrogen-bond acceptors (Lipinski definition) is 6. The van der Waals surface area contributed by atoms with Gasteiger partial charge in [0.1, 0.15) is 11.7 Å². The van der Waals surface area contributed by atoms with E-state index in [4.69, 9.17) is 10.3 Å². The molecule has 8 heteroatoms. The van der Waals surface area contributed by atoms with Crippen molar-refractivity contribution in [2.75, 3.05) is 0 Å².